The molecule has 2 heteroatoms. The minimum Gasteiger partial charge on any atom is -0.453 e. The maximum Gasteiger partial charge on any atom is 0.0314 e. The Hall–Kier alpha value is -0.890. The van der Waals surface area contributed by atoms with Gasteiger partial charge in [-0.05, 0) is 31.0 Å². The van der Waals surface area contributed by atoms with E-state index >= 15 is 0 Å². The molecule has 2 nitrogen and oxygen atoms in total. The van der Waals surface area contributed by atoms with Gasteiger partial charge in [-0.2, -0.15) is 0 Å². The van der Waals surface area contributed by atoms with Gasteiger partial charge in [0.25, 0.3) is 0 Å². The van der Waals surface area contributed by atoms with Crippen LogP contribution in [-0.4, -0.2) is 16.4 Å². The van der Waals surface area contributed by atoms with Gasteiger partial charge in [-0.25, -0.2) is 0 Å². The molecule has 1 atom stereocenters. The summed E-state index contributed by atoms with van der Waals surface area (Å²) in [5.41, 5.74) is 1.30. The highest BCUT2D eigenvalue weighted by Gasteiger charge is 2.17. The highest BCUT2D eigenvalue weighted by atomic mass is 15.1. The first-order valence-corrected chi connectivity index (χ1v) is 4.35. The van der Waals surface area contributed by atoms with E-state index in [1.165, 1.54) is 18.4 Å². The second kappa shape index (κ2) is 3.23. The first kappa shape index (κ1) is 7.74. The number of pyridine rings is 1. The number of rotatable bonds is 1. The van der Waals surface area contributed by atoms with Crippen LogP contribution in [0.3, 0.4) is 0 Å². The molecule has 1 aliphatic rings. The van der Waals surface area contributed by atoms with Crippen molar-refractivity contribution in [2.45, 2.75) is 18.9 Å². The second-order valence-corrected chi connectivity index (χ2v) is 3.26. The van der Waals surface area contributed by atoms with Gasteiger partial charge < -0.3 is 4.90 Å². The summed E-state index contributed by atoms with van der Waals surface area (Å²) in [6, 6.07) is 4.61. The SMILES string of the molecule is [CH2-]N1CCCC1c1cccnc1. The number of hydrogen-bond acceptors (Lipinski definition) is 2. The molecule has 0 aliphatic carbocycles. The molecule has 0 N–H and O–H groups in total. The molecule has 1 fully saturated rings. The molecular weight excluding hydrogens is 148 g/mol. The molecule has 2 rings (SSSR count). The van der Waals surface area contributed by atoms with Crippen LogP contribution in [0, 0.1) is 7.05 Å². The van der Waals surface area contributed by atoms with Crippen molar-refractivity contribution in [1.82, 2.24) is 9.88 Å². The van der Waals surface area contributed by atoms with Crippen molar-refractivity contribution in [1.29, 1.82) is 0 Å². The zero-order chi connectivity index (χ0) is 8.39. The molecule has 1 saturated heterocycles. The van der Waals surface area contributed by atoms with Gasteiger partial charge in [-0.1, -0.05) is 6.07 Å². The van der Waals surface area contributed by atoms with Crippen LogP contribution in [0.1, 0.15) is 24.4 Å². The minimum atomic E-state index is 0.499. The van der Waals surface area contributed by atoms with Crippen LogP contribution in [0.5, 0.6) is 0 Å². The van der Waals surface area contributed by atoms with E-state index in [1.807, 2.05) is 18.5 Å². The lowest BCUT2D eigenvalue weighted by molar-refractivity contribution is 0.352. The van der Waals surface area contributed by atoms with Crippen molar-refractivity contribution in [3.8, 4) is 0 Å². The minimum absolute atomic E-state index is 0.499. The first-order chi connectivity index (χ1) is 5.88. The Kier molecular flexibility index (Phi) is 2.09. The van der Waals surface area contributed by atoms with E-state index in [1.54, 1.807) is 0 Å². The molecule has 1 aromatic rings. The van der Waals surface area contributed by atoms with Crippen LogP contribution in [0.2, 0.25) is 0 Å². The average Bonchev–Trinajstić information content (AvgIpc) is 2.53. The molecule has 1 aliphatic heterocycles. The summed E-state index contributed by atoms with van der Waals surface area (Å²) in [7, 11) is 4.00. The maximum absolute atomic E-state index is 4.11. The third-order valence-corrected chi connectivity index (χ3v) is 2.43. The van der Waals surface area contributed by atoms with E-state index in [-0.39, 0.29) is 0 Å². The fourth-order valence-electron chi connectivity index (χ4n) is 1.78. The van der Waals surface area contributed by atoms with E-state index in [9.17, 15) is 0 Å². The molecule has 2 heterocycles. The normalized spacial score (nSPS) is 24.6. The fourth-order valence-corrected chi connectivity index (χ4v) is 1.78. The Labute approximate surface area is 73.2 Å². The number of hydrogen-bond donors (Lipinski definition) is 0. The largest absolute Gasteiger partial charge is 0.453 e. The van der Waals surface area contributed by atoms with Crippen LogP contribution >= 0.6 is 0 Å². The number of aromatic nitrogens is 1. The number of likely N-dealkylation sites (tertiary alicyclic amines) is 1. The molecule has 0 bridgehead atoms. The van der Waals surface area contributed by atoms with Gasteiger partial charge in [0.05, 0.1) is 0 Å². The van der Waals surface area contributed by atoms with E-state index in [2.05, 4.69) is 23.0 Å². The molecule has 0 amide bonds. The smallest absolute Gasteiger partial charge is 0.0314 e. The van der Waals surface area contributed by atoms with E-state index in [4.69, 9.17) is 0 Å². The maximum atomic E-state index is 4.11. The Bertz CT molecular complexity index is 245. The molecular formula is C10H13N2-. The number of nitrogens with zero attached hydrogens (tertiary/aromatic N) is 2. The molecule has 0 aromatic carbocycles. The van der Waals surface area contributed by atoms with E-state index in [0.717, 1.165) is 6.54 Å². The highest BCUT2D eigenvalue weighted by Crippen LogP contribution is 2.29. The first-order valence-electron chi connectivity index (χ1n) is 4.35. The third kappa shape index (κ3) is 1.34. The second-order valence-electron chi connectivity index (χ2n) is 3.26. The van der Waals surface area contributed by atoms with Gasteiger partial charge in [-0.3, -0.25) is 12.0 Å². The highest BCUT2D eigenvalue weighted by molar-refractivity contribution is 5.15. The van der Waals surface area contributed by atoms with Crippen molar-refractivity contribution in [2.75, 3.05) is 6.54 Å². The zero-order valence-corrected chi connectivity index (χ0v) is 7.11. The summed E-state index contributed by atoms with van der Waals surface area (Å²) in [6.45, 7) is 1.11. The summed E-state index contributed by atoms with van der Waals surface area (Å²) in [6.07, 6.45) is 6.22. The van der Waals surface area contributed by atoms with Gasteiger partial charge in [0.1, 0.15) is 0 Å². The van der Waals surface area contributed by atoms with Crippen LogP contribution in [0.4, 0.5) is 0 Å². The van der Waals surface area contributed by atoms with E-state index < -0.39 is 0 Å². The van der Waals surface area contributed by atoms with E-state index in [0.29, 0.717) is 6.04 Å². The Morgan fingerprint density at radius 2 is 2.50 bits per heavy atom. The van der Waals surface area contributed by atoms with Gasteiger partial charge in [0, 0.05) is 18.4 Å². The lowest BCUT2D eigenvalue weighted by atomic mass is 10.1. The van der Waals surface area contributed by atoms with Gasteiger partial charge in [-0.15, -0.1) is 0 Å². The van der Waals surface area contributed by atoms with Gasteiger partial charge >= 0.3 is 0 Å². The lowest BCUT2D eigenvalue weighted by Gasteiger charge is -2.26. The monoisotopic (exact) mass is 161 g/mol. The summed E-state index contributed by atoms with van der Waals surface area (Å²) in [4.78, 5) is 6.26. The Balaban J connectivity index is 2.19. The topological polar surface area (TPSA) is 16.1 Å². The van der Waals surface area contributed by atoms with Crippen LogP contribution < -0.4 is 0 Å². The van der Waals surface area contributed by atoms with Crippen LogP contribution in [0.25, 0.3) is 0 Å². The summed E-state index contributed by atoms with van der Waals surface area (Å²) in [5.74, 6) is 0. The van der Waals surface area contributed by atoms with Crippen molar-refractivity contribution in [3.05, 3.63) is 37.1 Å². The third-order valence-electron chi connectivity index (χ3n) is 2.43. The lowest BCUT2D eigenvalue weighted by Crippen LogP contribution is -2.14. The van der Waals surface area contributed by atoms with Crippen LogP contribution in [0.15, 0.2) is 24.5 Å². The standard InChI is InChI=1S/C10H13N2/c1-12-7-3-5-10(12)9-4-2-6-11-8-9/h2,4,6,8,10H,1,3,5,7H2/q-1. The molecule has 64 valence electrons. The molecule has 0 spiro atoms. The summed E-state index contributed by atoms with van der Waals surface area (Å²) in [5, 5.41) is 0. The Morgan fingerprint density at radius 1 is 1.58 bits per heavy atom. The Morgan fingerprint density at radius 3 is 3.08 bits per heavy atom. The fraction of sp³-hybridized carbons (Fsp3) is 0.400. The van der Waals surface area contributed by atoms with Crippen molar-refractivity contribution < 1.29 is 0 Å². The quantitative estimate of drug-likeness (QED) is 0.586. The summed E-state index contributed by atoms with van der Waals surface area (Å²) >= 11 is 0. The van der Waals surface area contributed by atoms with Crippen molar-refractivity contribution in [2.24, 2.45) is 0 Å². The molecule has 1 aromatic heterocycles. The van der Waals surface area contributed by atoms with Crippen molar-refractivity contribution in [3.63, 3.8) is 0 Å². The average molecular weight is 161 g/mol. The zero-order valence-electron chi connectivity index (χ0n) is 7.11. The molecule has 0 saturated carbocycles. The van der Waals surface area contributed by atoms with Gasteiger partial charge in [0.15, 0.2) is 0 Å². The molecule has 1 unspecified atom stereocenters. The van der Waals surface area contributed by atoms with Crippen molar-refractivity contribution >= 4 is 0 Å². The predicted molar refractivity (Wildman–Crippen MR) is 48.3 cm³/mol. The molecule has 12 heavy (non-hydrogen) atoms. The predicted octanol–water partition coefficient (Wildman–Crippen LogP) is 2.01. The van der Waals surface area contributed by atoms with Gasteiger partial charge in [0.2, 0.25) is 0 Å². The van der Waals surface area contributed by atoms with Crippen LogP contribution in [-0.2, 0) is 0 Å². The molecule has 0 radical (unpaired) electrons. The summed E-state index contributed by atoms with van der Waals surface area (Å²) < 4.78 is 0.